The predicted molar refractivity (Wildman–Crippen MR) is 62.5 cm³/mol. The van der Waals surface area contributed by atoms with Crippen molar-refractivity contribution in [2.45, 2.75) is 13.0 Å². The summed E-state index contributed by atoms with van der Waals surface area (Å²) in [6.07, 6.45) is 2.41. The maximum absolute atomic E-state index is 12.0. The largest absolute Gasteiger partial charge is 0.385 e. The van der Waals surface area contributed by atoms with Crippen molar-refractivity contribution in [3.8, 4) is 0 Å². The first-order chi connectivity index (χ1) is 7.83. The number of aryl methyl sites for hydroxylation is 1. The summed E-state index contributed by atoms with van der Waals surface area (Å²) in [5, 5.41) is 0.669. The zero-order valence-electron chi connectivity index (χ0n) is 9.22. The molecule has 0 saturated carbocycles. The van der Waals surface area contributed by atoms with Gasteiger partial charge in [-0.3, -0.25) is 9.36 Å². The molecule has 84 valence electrons. The summed E-state index contributed by atoms with van der Waals surface area (Å²) in [4.78, 5) is 16.2. The summed E-state index contributed by atoms with van der Waals surface area (Å²) in [7, 11) is 1.65. The fourth-order valence-corrected chi connectivity index (χ4v) is 1.64. The van der Waals surface area contributed by atoms with Gasteiger partial charge < -0.3 is 4.74 Å². The first kappa shape index (κ1) is 10.8. The van der Waals surface area contributed by atoms with Crippen molar-refractivity contribution in [1.29, 1.82) is 0 Å². The summed E-state index contributed by atoms with van der Waals surface area (Å²) in [5.74, 6) is 0. The Bertz CT molecular complexity index is 534. The molecule has 2 rings (SSSR count). The van der Waals surface area contributed by atoms with Crippen LogP contribution in [0.3, 0.4) is 0 Å². The Morgan fingerprint density at radius 1 is 1.38 bits per heavy atom. The zero-order valence-corrected chi connectivity index (χ0v) is 9.22. The van der Waals surface area contributed by atoms with Gasteiger partial charge >= 0.3 is 0 Å². The third-order valence-electron chi connectivity index (χ3n) is 2.48. The minimum Gasteiger partial charge on any atom is -0.385 e. The average molecular weight is 218 g/mol. The second kappa shape index (κ2) is 4.90. The Hall–Kier alpha value is -1.68. The van der Waals surface area contributed by atoms with Crippen molar-refractivity contribution in [3.05, 3.63) is 40.9 Å². The van der Waals surface area contributed by atoms with Crippen LogP contribution in [0.25, 0.3) is 10.9 Å². The van der Waals surface area contributed by atoms with E-state index >= 15 is 0 Å². The molecule has 0 atom stereocenters. The van der Waals surface area contributed by atoms with Crippen LogP contribution in [-0.4, -0.2) is 23.3 Å². The molecule has 0 radical (unpaired) electrons. The smallest absolute Gasteiger partial charge is 0.261 e. The highest BCUT2D eigenvalue weighted by molar-refractivity contribution is 5.76. The maximum Gasteiger partial charge on any atom is 0.261 e. The predicted octanol–water partition coefficient (Wildman–Crippen LogP) is 1.43. The van der Waals surface area contributed by atoms with Gasteiger partial charge in [-0.2, -0.15) is 0 Å². The molecule has 0 unspecified atom stereocenters. The third-order valence-corrected chi connectivity index (χ3v) is 2.48. The van der Waals surface area contributed by atoms with E-state index in [9.17, 15) is 4.79 Å². The third kappa shape index (κ3) is 2.12. The van der Waals surface area contributed by atoms with E-state index in [0.717, 1.165) is 11.9 Å². The van der Waals surface area contributed by atoms with Gasteiger partial charge in [0.1, 0.15) is 0 Å². The molecule has 0 fully saturated rings. The quantitative estimate of drug-likeness (QED) is 0.729. The Morgan fingerprint density at radius 3 is 3.00 bits per heavy atom. The van der Waals surface area contributed by atoms with Gasteiger partial charge in [-0.25, -0.2) is 4.98 Å². The molecular weight excluding hydrogens is 204 g/mol. The Kier molecular flexibility index (Phi) is 3.31. The lowest BCUT2D eigenvalue weighted by Gasteiger charge is -2.05. The van der Waals surface area contributed by atoms with Gasteiger partial charge in [0.05, 0.1) is 17.2 Å². The van der Waals surface area contributed by atoms with Crippen LogP contribution in [-0.2, 0) is 11.3 Å². The first-order valence-electron chi connectivity index (χ1n) is 5.26. The fourth-order valence-electron chi connectivity index (χ4n) is 1.64. The van der Waals surface area contributed by atoms with Gasteiger partial charge in [-0.15, -0.1) is 0 Å². The van der Waals surface area contributed by atoms with E-state index in [2.05, 4.69) is 4.98 Å². The molecule has 0 aliphatic rings. The average Bonchev–Trinajstić information content (AvgIpc) is 2.33. The fraction of sp³-hybridized carbons (Fsp3) is 0.333. The second-order valence-corrected chi connectivity index (χ2v) is 3.61. The van der Waals surface area contributed by atoms with E-state index < -0.39 is 0 Å². The topological polar surface area (TPSA) is 44.1 Å². The Labute approximate surface area is 93.5 Å². The number of rotatable bonds is 4. The van der Waals surface area contributed by atoms with Gasteiger partial charge in [0, 0.05) is 20.3 Å². The lowest BCUT2D eigenvalue weighted by atomic mass is 10.2. The standard InChI is InChI=1S/C12H14N2O2/c1-16-8-4-7-14-9-13-11-6-3-2-5-10(11)12(14)15/h2-3,5-6,9H,4,7-8H2,1H3. The minimum absolute atomic E-state index is 0.0155. The van der Waals surface area contributed by atoms with Gasteiger partial charge in [-0.1, -0.05) is 12.1 Å². The van der Waals surface area contributed by atoms with Gasteiger partial charge in [0.15, 0.2) is 0 Å². The lowest BCUT2D eigenvalue weighted by Crippen LogP contribution is -2.21. The number of nitrogens with zero attached hydrogens (tertiary/aromatic N) is 2. The molecule has 0 spiro atoms. The van der Waals surface area contributed by atoms with Crippen LogP contribution >= 0.6 is 0 Å². The summed E-state index contributed by atoms with van der Waals surface area (Å²) in [6, 6.07) is 7.38. The summed E-state index contributed by atoms with van der Waals surface area (Å²) < 4.78 is 6.58. The molecule has 0 aliphatic heterocycles. The number of aromatic nitrogens is 2. The summed E-state index contributed by atoms with van der Waals surface area (Å²) >= 11 is 0. The number of fused-ring (bicyclic) bond motifs is 1. The lowest BCUT2D eigenvalue weighted by molar-refractivity contribution is 0.190. The molecule has 0 saturated heterocycles. The molecule has 0 aliphatic carbocycles. The molecule has 1 aromatic carbocycles. The Morgan fingerprint density at radius 2 is 2.19 bits per heavy atom. The van der Waals surface area contributed by atoms with Crippen molar-refractivity contribution >= 4 is 10.9 Å². The van der Waals surface area contributed by atoms with Gasteiger partial charge in [0.2, 0.25) is 0 Å². The normalized spacial score (nSPS) is 10.8. The van der Waals surface area contributed by atoms with E-state index in [-0.39, 0.29) is 5.56 Å². The van der Waals surface area contributed by atoms with Crippen LogP contribution in [0.4, 0.5) is 0 Å². The number of ether oxygens (including phenoxy) is 1. The van der Waals surface area contributed by atoms with E-state index in [0.29, 0.717) is 18.5 Å². The number of hydrogen-bond acceptors (Lipinski definition) is 3. The van der Waals surface area contributed by atoms with Gasteiger partial charge in [0.25, 0.3) is 5.56 Å². The van der Waals surface area contributed by atoms with Crippen molar-refractivity contribution in [2.24, 2.45) is 0 Å². The van der Waals surface area contributed by atoms with Crippen molar-refractivity contribution in [2.75, 3.05) is 13.7 Å². The number of benzene rings is 1. The highest BCUT2D eigenvalue weighted by Gasteiger charge is 2.02. The van der Waals surface area contributed by atoms with E-state index in [4.69, 9.17) is 4.74 Å². The number of methoxy groups -OCH3 is 1. The van der Waals surface area contributed by atoms with Crippen molar-refractivity contribution < 1.29 is 4.74 Å². The Balaban J connectivity index is 2.33. The van der Waals surface area contributed by atoms with E-state index in [1.807, 2.05) is 18.2 Å². The first-order valence-corrected chi connectivity index (χ1v) is 5.26. The maximum atomic E-state index is 12.0. The molecule has 1 aromatic heterocycles. The summed E-state index contributed by atoms with van der Waals surface area (Å²) in [6.45, 7) is 1.30. The molecular formula is C12H14N2O2. The van der Waals surface area contributed by atoms with Crippen LogP contribution < -0.4 is 5.56 Å². The zero-order chi connectivity index (χ0) is 11.4. The van der Waals surface area contributed by atoms with Crippen molar-refractivity contribution in [3.63, 3.8) is 0 Å². The van der Waals surface area contributed by atoms with Crippen LogP contribution in [0, 0.1) is 0 Å². The molecule has 0 bridgehead atoms. The molecule has 0 N–H and O–H groups in total. The monoisotopic (exact) mass is 218 g/mol. The minimum atomic E-state index is 0.0155. The number of hydrogen-bond donors (Lipinski definition) is 0. The number of para-hydroxylation sites is 1. The molecule has 1 heterocycles. The summed E-state index contributed by atoms with van der Waals surface area (Å²) in [5.41, 5.74) is 0.761. The molecule has 16 heavy (non-hydrogen) atoms. The molecule has 2 aromatic rings. The van der Waals surface area contributed by atoms with Gasteiger partial charge in [-0.05, 0) is 18.6 Å². The van der Waals surface area contributed by atoms with Crippen molar-refractivity contribution in [1.82, 2.24) is 9.55 Å². The molecule has 0 amide bonds. The van der Waals surface area contributed by atoms with Crippen LogP contribution in [0.5, 0.6) is 0 Å². The van der Waals surface area contributed by atoms with Crippen LogP contribution in [0.1, 0.15) is 6.42 Å². The van der Waals surface area contributed by atoms with Crippen LogP contribution in [0.2, 0.25) is 0 Å². The molecule has 4 heteroatoms. The highest BCUT2D eigenvalue weighted by atomic mass is 16.5. The highest BCUT2D eigenvalue weighted by Crippen LogP contribution is 2.04. The molecule has 4 nitrogen and oxygen atoms in total. The second-order valence-electron chi connectivity index (χ2n) is 3.61. The SMILES string of the molecule is COCCCn1cnc2ccccc2c1=O. The van der Waals surface area contributed by atoms with Crippen LogP contribution in [0.15, 0.2) is 35.4 Å². The van der Waals surface area contributed by atoms with E-state index in [1.165, 1.54) is 0 Å². The van der Waals surface area contributed by atoms with E-state index in [1.54, 1.807) is 24.1 Å².